The number of para-hydroxylation sites is 1. The molecule has 0 radical (unpaired) electrons. The van der Waals surface area contributed by atoms with Crippen molar-refractivity contribution >= 4 is 22.7 Å². The molecule has 0 fully saturated rings. The minimum atomic E-state index is -0.0516. The lowest BCUT2D eigenvalue weighted by atomic mass is 10.1. The van der Waals surface area contributed by atoms with E-state index >= 15 is 0 Å². The van der Waals surface area contributed by atoms with E-state index in [1.807, 2.05) is 53.6 Å². The molecule has 4 rings (SSSR count). The number of ether oxygens (including phenoxy) is 1. The number of benzene rings is 3. The maximum Gasteiger partial charge on any atom is 0.242 e. The molecule has 0 aliphatic carbocycles. The predicted molar refractivity (Wildman–Crippen MR) is 152 cm³/mol. The number of hydrogen-bond donors (Lipinski definition) is 1. The van der Waals surface area contributed by atoms with Gasteiger partial charge in [-0.15, -0.1) is 0 Å². The fourth-order valence-corrected chi connectivity index (χ4v) is 4.64. The molecule has 0 spiro atoms. The van der Waals surface area contributed by atoms with Crippen molar-refractivity contribution in [2.45, 2.75) is 32.7 Å². The van der Waals surface area contributed by atoms with E-state index in [2.05, 4.69) is 48.3 Å². The number of carbonyl (C=O) groups excluding carboxylic acids is 2. The first-order valence-electron chi connectivity index (χ1n) is 13.2. The van der Waals surface area contributed by atoms with Crippen LogP contribution in [0.15, 0.2) is 85.1 Å². The summed E-state index contributed by atoms with van der Waals surface area (Å²) in [5.41, 5.74) is 5.47. The summed E-state index contributed by atoms with van der Waals surface area (Å²) in [5, 5.41) is 1.18. The maximum absolute atomic E-state index is 13.7. The van der Waals surface area contributed by atoms with Crippen LogP contribution in [0.3, 0.4) is 0 Å². The third-order valence-electron chi connectivity index (χ3n) is 6.83. The molecule has 0 aliphatic heterocycles. The van der Waals surface area contributed by atoms with Crippen molar-refractivity contribution < 1.29 is 14.3 Å². The van der Waals surface area contributed by atoms with Crippen molar-refractivity contribution in [3.63, 3.8) is 0 Å². The Morgan fingerprint density at radius 3 is 2.32 bits per heavy atom. The Labute approximate surface area is 225 Å². The topological polar surface area (TPSA) is 65.6 Å². The highest BCUT2D eigenvalue weighted by Crippen LogP contribution is 2.19. The molecule has 0 saturated heterocycles. The molecule has 3 aromatic carbocycles. The minimum absolute atomic E-state index is 0.0485. The van der Waals surface area contributed by atoms with Gasteiger partial charge in [-0.1, -0.05) is 78.4 Å². The van der Waals surface area contributed by atoms with Crippen LogP contribution in [0.4, 0.5) is 0 Å². The Bertz CT molecular complexity index is 1310. The van der Waals surface area contributed by atoms with Gasteiger partial charge in [0.1, 0.15) is 0 Å². The molecule has 1 heterocycles. The van der Waals surface area contributed by atoms with Gasteiger partial charge in [0.25, 0.3) is 0 Å². The molecule has 0 unspecified atom stereocenters. The second kappa shape index (κ2) is 13.6. The van der Waals surface area contributed by atoms with Gasteiger partial charge in [-0.25, -0.2) is 0 Å². The van der Waals surface area contributed by atoms with Crippen LogP contribution in [-0.2, 0) is 33.7 Å². The monoisotopic (exact) mass is 511 g/mol. The number of carbonyl (C=O) groups is 2. The van der Waals surface area contributed by atoms with Crippen molar-refractivity contribution in [2.75, 3.05) is 33.4 Å². The molecule has 4 aromatic rings. The lowest BCUT2D eigenvalue weighted by molar-refractivity contribution is -0.140. The molecule has 6 nitrogen and oxygen atoms in total. The molecule has 6 heteroatoms. The zero-order valence-electron chi connectivity index (χ0n) is 22.4. The fraction of sp³-hybridized carbons (Fsp3) is 0.312. The van der Waals surface area contributed by atoms with E-state index in [1.165, 1.54) is 16.5 Å². The lowest BCUT2D eigenvalue weighted by Gasteiger charge is -2.28. The number of fused-ring (bicyclic) bond motifs is 1. The van der Waals surface area contributed by atoms with Crippen molar-refractivity contribution in [3.8, 4) is 0 Å². The van der Waals surface area contributed by atoms with Crippen molar-refractivity contribution in [2.24, 2.45) is 0 Å². The summed E-state index contributed by atoms with van der Waals surface area (Å²) in [6.45, 7) is 4.19. The van der Waals surface area contributed by atoms with Gasteiger partial charge in [0, 0.05) is 50.5 Å². The van der Waals surface area contributed by atoms with Gasteiger partial charge in [0.2, 0.25) is 11.8 Å². The lowest BCUT2D eigenvalue weighted by Crippen LogP contribution is -2.44. The number of nitrogens with one attached hydrogen (secondary N) is 1. The molecule has 198 valence electrons. The third-order valence-corrected chi connectivity index (χ3v) is 6.83. The average Bonchev–Trinajstić information content (AvgIpc) is 3.35. The first kappa shape index (κ1) is 27.1. The smallest absolute Gasteiger partial charge is 0.242 e. The normalized spacial score (nSPS) is 11.0. The predicted octanol–water partition coefficient (Wildman–Crippen LogP) is 5.16. The van der Waals surface area contributed by atoms with E-state index < -0.39 is 0 Å². The summed E-state index contributed by atoms with van der Waals surface area (Å²) in [6, 6.07) is 26.2. The molecular weight excluding hydrogens is 474 g/mol. The standard InChI is InChI=1S/C32H37N3O3/c1-25-13-15-27(16-14-25)23-35(19-17-28-22-33-30-12-7-6-11-29(28)30)32(37)24-34(18-8-20-38-2)31(36)21-26-9-4-3-5-10-26/h3-7,9-16,22,33H,8,17-21,23-24H2,1-2H3. The summed E-state index contributed by atoms with van der Waals surface area (Å²) < 4.78 is 5.21. The van der Waals surface area contributed by atoms with E-state index in [-0.39, 0.29) is 24.8 Å². The number of amides is 2. The highest BCUT2D eigenvalue weighted by atomic mass is 16.5. The second-order valence-electron chi connectivity index (χ2n) is 9.73. The number of hydrogen-bond acceptors (Lipinski definition) is 3. The van der Waals surface area contributed by atoms with Crippen LogP contribution in [0, 0.1) is 6.92 Å². The van der Waals surface area contributed by atoms with Crippen molar-refractivity contribution in [3.05, 3.63) is 107 Å². The molecular formula is C32H37N3O3. The number of nitrogens with zero attached hydrogens (tertiary/aromatic N) is 2. The van der Waals surface area contributed by atoms with E-state index in [0.29, 0.717) is 32.7 Å². The number of aromatic amines is 1. The minimum Gasteiger partial charge on any atom is -0.385 e. The van der Waals surface area contributed by atoms with Gasteiger partial charge in [-0.05, 0) is 42.5 Å². The summed E-state index contributed by atoms with van der Waals surface area (Å²) in [4.78, 5) is 33.9. The first-order valence-corrected chi connectivity index (χ1v) is 13.2. The van der Waals surface area contributed by atoms with Gasteiger partial charge in [-0.2, -0.15) is 0 Å². The Morgan fingerprint density at radius 2 is 1.55 bits per heavy atom. The maximum atomic E-state index is 13.7. The van der Waals surface area contributed by atoms with Crippen LogP contribution in [0.5, 0.6) is 0 Å². The zero-order valence-corrected chi connectivity index (χ0v) is 22.4. The Hall–Kier alpha value is -3.90. The first-order chi connectivity index (χ1) is 18.5. The number of rotatable bonds is 13. The van der Waals surface area contributed by atoms with Gasteiger partial charge >= 0.3 is 0 Å². The molecule has 0 saturated carbocycles. The molecule has 1 N–H and O–H groups in total. The Morgan fingerprint density at radius 1 is 0.816 bits per heavy atom. The van der Waals surface area contributed by atoms with Crippen molar-refractivity contribution in [1.29, 1.82) is 0 Å². The largest absolute Gasteiger partial charge is 0.385 e. The third kappa shape index (κ3) is 7.56. The molecule has 1 aromatic heterocycles. The highest BCUT2D eigenvalue weighted by Gasteiger charge is 2.22. The number of aromatic nitrogens is 1. The number of aryl methyl sites for hydroxylation is 1. The SMILES string of the molecule is COCCCN(CC(=O)N(CCc1c[nH]c2ccccc12)Cc1ccc(C)cc1)C(=O)Cc1ccccc1. The van der Waals surface area contributed by atoms with Crippen LogP contribution in [-0.4, -0.2) is 59.9 Å². The summed E-state index contributed by atoms with van der Waals surface area (Å²) in [5.74, 6) is -0.100. The van der Waals surface area contributed by atoms with Crippen LogP contribution in [0.25, 0.3) is 10.9 Å². The zero-order chi connectivity index (χ0) is 26.7. The molecule has 2 amide bonds. The second-order valence-corrected chi connectivity index (χ2v) is 9.73. The van der Waals surface area contributed by atoms with Crippen LogP contribution >= 0.6 is 0 Å². The van der Waals surface area contributed by atoms with Crippen LogP contribution in [0.2, 0.25) is 0 Å². The summed E-state index contributed by atoms with van der Waals surface area (Å²) in [7, 11) is 1.65. The highest BCUT2D eigenvalue weighted by molar-refractivity contribution is 5.86. The van der Waals surface area contributed by atoms with E-state index in [0.717, 1.165) is 23.1 Å². The summed E-state index contributed by atoms with van der Waals surface area (Å²) >= 11 is 0. The number of methoxy groups -OCH3 is 1. The molecule has 0 atom stereocenters. The van der Waals surface area contributed by atoms with Gasteiger partial charge in [0.05, 0.1) is 13.0 Å². The van der Waals surface area contributed by atoms with E-state index in [9.17, 15) is 9.59 Å². The van der Waals surface area contributed by atoms with Crippen molar-refractivity contribution in [1.82, 2.24) is 14.8 Å². The Balaban J connectivity index is 1.50. The van der Waals surface area contributed by atoms with Gasteiger partial charge in [0.15, 0.2) is 0 Å². The van der Waals surface area contributed by atoms with Crippen LogP contribution < -0.4 is 0 Å². The Kier molecular flexibility index (Phi) is 9.71. The van der Waals surface area contributed by atoms with Gasteiger partial charge in [-0.3, -0.25) is 9.59 Å². The molecule has 0 aliphatic rings. The quantitative estimate of drug-likeness (QED) is 0.252. The van der Waals surface area contributed by atoms with E-state index in [1.54, 1.807) is 12.0 Å². The average molecular weight is 512 g/mol. The number of H-pyrrole nitrogens is 1. The fourth-order valence-electron chi connectivity index (χ4n) is 4.64. The van der Waals surface area contributed by atoms with Crippen LogP contribution in [0.1, 0.15) is 28.7 Å². The van der Waals surface area contributed by atoms with Gasteiger partial charge < -0.3 is 19.5 Å². The summed E-state index contributed by atoms with van der Waals surface area (Å²) in [6.07, 6.45) is 3.70. The van der Waals surface area contributed by atoms with E-state index in [4.69, 9.17) is 4.74 Å². The molecule has 38 heavy (non-hydrogen) atoms. The molecule has 0 bridgehead atoms.